The number of rotatable bonds is 7. The summed E-state index contributed by atoms with van der Waals surface area (Å²) in [4.78, 5) is 17.9. The molecule has 1 aliphatic heterocycles. The molecule has 1 saturated heterocycles. The van der Waals surface area contributed by atoms with E-state index in [0.717, 1.165) is 57.0 Å². The number of amides is 1. The van der Waals surface area contributed by atoms with Crippen molar-refractivity contribution in [3.05, 3.63) is 60.2 Å². The van der Waals surface area contributed by atoms with Crippen LogP contribution in [0.1, 0.15) is 43.7 Å². The van der Waals surface area contributed by atoms with Crippen LogP contribution >= 0.6 is 0 Å². The first-order chi connectivity index (χ1) is 15.2. The minimum absolute atomic E-state index is 0.0356. The average molecular weight is 422 g/mol. The van der Waals surface area contributed by atoms with Crippen LogP contribution in [0.4, 0.5) is 5.69 Å². The van der Waals surface area contributed by atoms with Crippen molar-refractivity contribution < 1.29 is 9.53 Å². The van der Waals surface area contributed by atoms with Crippen LogP contribution in [-0.4, -0.2) is 50.6 Å². The second kappa shape index (κ2) is 10.7. The lowest BCUT2D eigenvalue weighted by atomic mass is 9.88. The molecule has 0 spiro atoms. The molecule has 1 amide bonds. The molecule has 1 aliphatic carbocycles. The van der Waals surface area contributed by atoms with Gasteiger partial charge in [-0.3, -0.25) is 9.69 Å². The first-order valence-electron chi connectivity index (χ1n) is 11.7. The summed E-state index contributed by atoms with van der Waals surface area (Å²) in [5, 5.41) is 3.40. The van der Waals surface area contributed by atoms with Gasteiger partial charge in [-0.25, -0.2) is 0 Å². The highest BCUT2D eigenvalue weighted by molar-refractivity contribution is 5.79. The zero-order valence-corrected chi connectivity index (χ0v) is 18.6. The zero-order chi connectivity index (χ0) is 21.5. The van der Waals surface area contributed by atoms with Crippen LogP contribution in [0.25, 0.3) is 0 Å². The minimum Gasteiger partial charge on any atom is -0.495 e. The van der Waals surface area contributed by atoms with Gasteiger partial charge in [0.15, 0.2) is 0 Å². The maximum Gasteiger partial charge on any atom is 0.223 e. The molecule has 0 bridgehead atoms. The predicted octanol–water partition coefficient (Wildman–Crippen LogP) is 4.26. The van der Waals surface area contributed by atoms with Gasteiger partial charge in [-0.05, 0) is 30.5 Å². The molecule has 1 atom stereocenters. The summed E-state index contributed by atoms with van der Waals surface area (Å²) in [5.41, 5.74) is 2.36. The molecule has 0 radical (unpaired) electrons. The van der Waals surface area contributed by atoms with Crippen LogP contribution in [0.3, 0.4) is 0 Å². The third kappa shape index (κ3) is 5.59. The number of para-hydroxylation sites is 2. The number of methoxy groups -OCH3 is 1. The van der Waals surface area contributed by atoms with Gasteiger partial charge in [0.1, 0.15) is 5.75 Å². The van der Waals surface area contributed by atoms with E-state index in [4.69, 9.17) is 4.74 Å². The zero-order valence-electron chi connectivity index (χ0n) is 18.6. The van der Waals surface area contributed by atoms with Gasteiger partial charge in [-0.1, -0.05) is 61.7 Å². The van der Waals surface area contributed by atoms with Crippen molar-refractivity contribution in [3.63, 3.8) is 0 Å². The Hall–Kier alpha value is -2.53. The molecular formula is C26H35N3O2. The molecule has 5 heteroatoms. The van der Waals surface area contributed by atoms with Gasteiger partial charge in [-0.2, -0.15) is 0 Å². The molecule has 1 heterocycles. The SMILES string of the molecule is COc1ccccc1N1CCN(CC(NC(=O)C2CCCCC2)c2ccccc2)CC1. The number of carbonyl (C=O) groups excluding carboxylic acids is 1. The quantitative estimate of drug-likeness (QED) is 0.726. The van der Waals surface area contributed by atoms with E-state index < -0.39 is 0 Å². The van der Waals surface area contributed by atoms with Crippen molar-refractivity contribution in [1.82, 2.24) is 10.2 Å². The van der Waals surface area contributed by atoms with Gasteiger partial charge in [0, 0.05) is 38.6 Å². The van der Waals surface area contributed by atoms with Gasteiger partial charge >= 0.3 is 0 Å². The third-order valence-electron chi connectivity index (χ3n) is 6.73. The van der Waals surface area contributed by atoms with E-state index in [9.17, 15) is 4.79 Å². The van der Waals surface area contributed by atoms with Crippen LogP contribution in [0, 0.1) is 5.92 Å². The summed E-state index contributed by atoms with van der Waals surface area (Å²) < 4.78 is 5.55. The maximum absolute atomic E-state index is 13.0. The summed E-state index contributed by atoms with van der Waals surface area (Å²) in [6.07, 6.45) is 5.69. The lowest BCUT2D eigenvalue weighted by molar-refractivity contribution is -0.126. The molecule has 2 aromatic carbocycles. The number of ether oxygens (including phenoxy) is 1. The molecular weight excluding hydrogens is 386 g/mol. The van der Waals surface area contributed by atoms with Gasteiger partial charge in [0.25, 0.3) is 0 Å². The van der Waals surface area contributed by atoms with Crippen LogP contribution in [0.15, 0.2) is 54.6 Å². The molecule has 31 heavy (non-hydrogen) atoms. The summed E-state index contributed by atoms with van der Waals surface area (Å²) in [6.45, 7) is 4.71. The molecule has 0 aromatic heterocycles. The number of hydrogen-bond donors (Lipinski definition) is 1. The van der Waals surface area contributed by atoms with Crippen LogP contribution < -0.4 is 15.0 Å². The van der Waals surface area contributed by atoms with Gasteiger partial charge in [0.05, 0.1) is 18.8 Å². The van der Waals surface area contributed by atoms with Gasteiger partial charge in [0.2, 0.25) is 5.91 Å². The van der Waals surface area contributed by atoms with Crippen molar-refractivity contribution in [3.8, 4) is 5.75 Å². The Bertz CT molecular complexity index is 828. The normalized spacial score (nSPS) is 19.1. The van der Waals surface area contributed by atoms with E-state index in [1.54, 1.807) is 7.11 Å². The van der Waals surface area contributed by atoms with E-state index >= 15 is 0 Å². The highest BCUT2D eigenvalue weighted by atomic mass is 16.5. The molecule has 4 rings (SSSR count). The Morgan fingerprint density at radius 3 is 2.35 bits per heavy atom. The molecule has 166 valence electrons. The Morgan fingerprint density at radius 2 is 1.65 bits per heavy atom. The smallest absolute Gasteiger partial charge is 0.223 e. The topological polar surface area (TPSA) is 44.8 Å². The molecule has 1 saturated carbocycles. The van der Waals surface area contributed by atoms with E-state index in [1.807, 2.05) is 18.2 Å². The fourth-order valence-electron chi connectivity index (χ4n) is 4.89. The van der Waals surface area contributed by atoms with Crippen molar-refractivity contribution in [2.24, 2.45) is 5.92 Å². The van der Waals surface area contributed by atoms with Crippen molar-refractivity contribution in [2.45, 2.75) is 38.1 Å². The number of nitrogens with one attached hydrogen (secondary N) is 1. The summed E-state index contributed by atoms with van der Waals surface area (Å²) in [5.74, 6) is 1.35. The number of hydrogen-bond acceptors (Lipinski definition) is 4. The molecule has 1 unspecified atom stereocenters. The largest absolute Gasteiger partial charge is 0.495 e. The fourth-order valence-corrected chi connectivity index (χ4v) is 4.89. The molecule has 2 aromatic rings. The first-order valence-corrected chi connectivity index (χ1v) is 11.7. The lowest BCUT2D eigenvalue weighted by Crippen LogP contribution is -2.49. The Kier molecular flexibility index (Phi) is 7.47. The van der Waals surface area contributed by atoms with Crippen molar-refractivity contribution >= 4 is 11.6 Å². The fraction of sp³-hybridized carbons (Fsp3) is 0.500. The van der Waals surface area contributed by atoms with Crippen LogP contribution in [0.5, 0.6) is 5.75 Å². The number of nitrogens with zero attached hydrogens (tertiary/aromatic N) is 2. The number of piperazine rings is 1. The number of benzene rings is 2. The van der Waals surface area contributed by atoms with E-state index in [0.29, 0.717) is 0 Å². The third-order valence-corrected chi connectivity index (χ3v) is 6.73. The van der Waals surface area contributed by atoms with E-state index in [1.165, 1.54) is 24.8 Å². The second-order valence-electron chi connectivity index (χ2n) is 8.77. The monoisotopic (exact) mass is 421 g/mol. The van der Waals surface area contributed by atoms with E-state index in [2.05, 4.69) is 51.5 Å². The average Bonchev–Trinajstić information content (AvgIpc) is 2.85. The molecule has 5 nitrogen and oxygen atoms in total. The summed E-state index contributed by atoms with van der Waals surface area (Å²) >= 11 is 0. The molecule has 2 fully saturated rings. The highest BCUT2D eigenvalue weighted by Crippen LogP contribution is 2.29. The predicted molar refractivity (Wildman–Crippen MR) is 126 cm³/mol. The van der Waals surface area contributed by atoms with Crippen LogP contribution in [0.2, 0.25) is 0 Å². The van der Waals surface area contributed by atoms with Gasteiger partial charge in [-0.15, -0.1) is 0 Å². The highest BCUT2D eigenvalue weighted by Gasteiger charge is 2.27. The summed E-state index contributed by atoms with van der Waals surface area (Å²) in [6, 6.07) is 18.7. The van der Waals surface area contributed by atoms with Gasteiger partial charge < -0.3 is 15.0 Å². The molecule has 2 aliphatic rings. The second-order valence-corrected chi connectivity index (χ2v) is 8.77. The lowest BCUT2D eigenvalue weighted by Gasteiger charge is -2.38. The number of anilines is 1. The minimum atomic E-state index is 0.0356. The Labute approximate surface area is 186 Å². The van der Waals surface area contributed by atoms with Crippen molar-refractivity contribution in [2.75, 3.05) is 44.7 Å². The van der Waals surface area contributed by atoms with Crippen molar-refractivity contribution in [1.29, 1.82) is 0 Å². The Morgan fingerprint density at radius 1 is 0.968 bits per heavy atom. The first kappa shape index (κ1) is 21.7. The number of carbonyl (C=O) groups is 1. The molecule has 1 N–H and O–H groups in total. The summed E-state index contributed by atoms with van der Waals surface area (Å²) in [7, 11) is 1.73. The Balaban J connectivity index is 1.39. The standard InChI is InChI=1S/C26H35N3O2/c1-31-25-15-9-8-14-24(25)29-18-16-28(17-19-29)20-23(21-10-4-2-5-11-21)27-26(30)22-12-6-3-7-13-22/h2,4-5,8-11,14-15,22-23H,3,6-7,12-13,16-20H2,1H3,(H,27,30). The maximum atomic E-state index is 13.0. The van der Waals surface area contributed by atoms with Crippen LogP contribution in [-0.2, 0) is 4.79 Å². The van der Waals surface area contributed by atoms with E-state index in [-0.39, 0.29) is 17.9 Å².